The summed E-state index contributed by atoms with van der Waals surface area (Å²) in [5.74, 6) is 0.298. The minimum Gasteiger partial charge on any atom is -0.505 e. The van der Waals surface area contributed by atoms with Gasteiger partial charge in [-0.3, -0.25) is 0 Å². The fourth-order valence-electron chi connectivity index (χ4n) is 3.00. The van der Waals surface area contributed by atoms with Crippen LogP contribution in [-0.2, 0) is 6.42 Å². The number of benzene rings is 2. The van der Waals surface area contributed by atoms with Crippen molar-refractivity contribution in [1.82, 2.24) is 15.0 Å². The maximum absolute atomic E-state index is 10.6. The lowest BCUT2D eigenvalue weighted by Gasteiger charge is -2.09. The molecule has 0 bridgehead atoms. The van der Waals surface area contributed by atoms with Gasteiger partial charge in [-0.25, -0.2) is 0 Å². The second-order valence-corrected chi connectivity index (χ2v) is 6.28. The van der Waals surface area contributed by atoms with Gasteiger partial charge in [-0.15, -0.1) is 15.0 Å². The van der Waals surface area contributed by atoms with Crippen molar-refractivity contribution in [3.8, 4) is 11.4 Å². The second kappa shape index (κ2) is 7.95. The van der Waals surface area contributed by atoms with Crippen LogP contribution < -0.4 is 0 Å². The number of aromatic hydroxyl groups is 1. The first-order valence-electron chi connectivity index (χ1n) is 8.93. The van der Waals surface area contributed by atoms with Crippen LogP contribution in [0.2, 0.25) is 0 Å². The predicted octanol–water partition coefficient (Wildman–Crippen LogP) is 5.03. The molecule has 0 radical (unpaired) electrons. The number of aryl methyl sites for hydroxylation is 1. The molecule has 24 heavy (non-hydrogen) atoms. The number of fused-ring (bicyclic) bond motifs is 1. The molecule has 0 spiro atoms. The predicted molar refractivity (Wildman–Crippen MR) is 97.6 cm³/mol. The molecule has 0 aliphatic heterocycles. The fourth-order valence-corrected chi connectivity index (χ4v) is 3.00. The molecule has 1 aromatic heterocycles. The smallest absolute Gasteiger partial charge is 0.146 e. The Morgan fingerprint density at radius 3 is 2.21 bits per heavy atom. The summed E-state index contributed by atoms with van der Waals surface area (Å²) in [7, 11) is 0. The Balaban J connectivity index is 1.71. The summed E-state index contributed by atoms with van der Waals surface area (Å²) in [5.41, 5.74) is 3.29. The molecule has 0 aliphatic carbocycles. The summed E-state index contributed by atoms with van der Waals surface area (Å²) in [5, 5.41) is 19.5. The van der Waals surface area contributed by atoms with E-state index in [1.165, 1.54) is 36.9 Å². The van der Waals surface area contributed by atoms with E-state index in [1.807, 2.05) is 42.5 Å². The average Bonchev–Trinajstić information content (AvgIpc) is 3.03. The largest absolute Gasteiger partial charge is 0.505 e. The van der Waals surface area contributed by atoms with Crippen molar-refractivity contribution in [2.75, 3.05) is 0 Å². The monoisotopic (exact) mass is 323 g/mol. The number of hydrogen-bond donors (Lipinski definition) is 1. The van der Waals surface area contributed by atoms with Crippen molar-refractivity contribution in [2.45, 2.75) is 51.9 Å². The van der Waals surface area contributed by atoms with Gasteiger partial charge in [-0.1, -0.05) is 63.3 Å². The second-order valence-electron chi connectivity index (χ2n) is 6.28. The molecule has 0 amide bonds. The molecule has 1 heterocycles. The molecular formula is C20H25N3O. The lowest BCUT2D eigenvalue weighted by atomic mass is 10.0. The zero-order valence-corrected chi connectivity index (χ0v) is 14.3. The molecule has 0 aliphatic rings. The molecule has 2 aromatic carbocycles. The number of unbranched alkanes of at least 4 members (excludes halogenated alkanes) is 5. The highest BCUT2D eigenvalue weighted by atomic mass is 16.3. The van der Waals surface area contributed by atoms with E-state index in [0.29, 0.717) is 11.4 Å². The van der Waals surface area contributed by atoms with E-state index in [4.69, 9.17) is 0 Å². The van der Waals surface area contributed by atoms with E-state index >= 15 is 0 Å². The van der Waals surface area contributed by atoms with Crippen LogP contribution in [0, 0.1) is 0 Å². The Morgan fingerprint density at radius 2 is 1.50 bits per heavy atom. The molecule has 126 valence electrons. The van der Waals surface area contributed by atoms with Gasteiger partial charge in [0.15, 0.2) is 0 Å². The summed E-state index contributed by atoms with van der Waals surface area (Å²) in [6.45, 7) is 2.23. The number of aromatic nitrogens is 3. The standard InChI is InChI=1S/C20H25N3O/c1-2-3-4-5-6-7-11-16-12-10-15-19(20(16)24)23-21-17-13-8-9-14-18(17)22-23/h8-10,12-15,24H,2-7,11H2,1H3. The van der Waals surface area contributed by atoms with E-state index in [9.17, 15) is 5.11 Å². The average molecular weight is 323 g/mol. The van der Waals surface area contributed by atoms with E-state index in [-0.39, 0.29) is 0 Å². The first-order chi connectivity index (χ1) is 11.8. The first kappa shape index (κ1) is 16.5. The Labute approximate surface area is 143 Å². The number of para-hydroxylation sites is 1. The van der Waals surface area contributed by atoms with Crippen molar-refractivity contribution in [3.63, 3.8) is 0 Å². The highest BCUT2D eigenvalue weighted by Gasteiger charge is 2.11. The Hall–Kier alpha value is -2.36. The van der Waals surface area contributed by atoms with Gasteiger partial charge in [-0.05, 0) is 36.6 Å². The van der Waals surface area contributed by atoms with Gasteiger partial charge in [0.25, 0.3) is 0 Å². The quantitative estimate of drug-likeness (QED) is 0.592. The molecule has 4 nitrogen and oxygen atoms in total. The summed E-state index contributed by atoms with van der Waals surface area (Å²) >= 11 is 0. The van der Waals surface area contributed by atoms with E-state index in [2.05, 4.69) is 17.1 Å². The fraction of sp³-hybridized carbons (Fsp3) is 0.400. The summed E-state index contributed by atoms with van der Waals surface area (Å²) in [4.78, 5) is 1.53. The molecule has 3 rings (SSSR count). The van der Waals surface area contributed by atoms with Crippen molar-refractivity contribution < 1.29 is 5.11 Å². The third-order valence-electron chi connectivity index (χ3n) is 4.40. The third-order valence-corrected chi connectivity index (χ3v) is 4.40. The van der Waals surface area contributed by atoms with Crippen molar-refractivity contribution in [1.29, 1.82) is 0 Å². The zero-order chi connectivity index (χ0) is 16.8. The molecule has 0 saturated carbocycles. The van der Waals surface area contributed by atoms with Gasteiger partial charge < -0.3 is 5.11 Å². The first-order valence-corrected chi connectivity index (χ1v) is 8.93. The van der Waals surface area contributed by atoms with Crippen LogP contribution in [0.4, 0.5) is 0 Å². The van der Waals surface area contributed by atoms with Crippen LogP contribution in [0.15, 0.2) is 42.5 Å². The van der Waals surface area contributed by atoms with Crippen LogP contribution in [0.25, 0.3) is 16.7 Å². The van der Waals surface area contributed by atoms with Gasteiger partial charge >= 0.3 is 0 Å². The lowest BCUT2D eigenvalue weighted by Crippen LogP contribution is -2.00. The lowest BCUT2D eigenvalue weighted by molar-refractivity contribution is 0.458. The molecule has 3 aromatic rings. The molecule has 0 unspecified atom stereocenters. The Kier molecular flexibility index (Phi) is 5.47. The van der Waals surface area contributed by atoms with Crippen LogP contribution in [0.1, 0.15) is 51.0 Å². The van der Waals surface area contributed by atoms with Gasteiger partial charge in [0.2, 0.25) is 0 Å². The minimum atomic E-state index is 0.298. The molecule has 4 heteroatoms. The van der Waals surface area contributed by atoms with Gasteiger partial charge in [0.1, 0.15) is 22.5 Å². The van der Waals surface area contributed by atoms with Crippen LogP contribution >= 0.6 is 0 Å². The van der Waals surface area contributed by atoms with E-state index in [1.54, 1.807) is 0 Å². The number of nitrogens with zero attached hydrogens (tertiary/aromatic N) is 3. The maximum Gasteiger partial charge on any atom is 0.146 e. The van der Waals surface area contributed by atoms with E-state index < -0.39 is 0 Å². The number of hydrogen-bond acceptors (Lipinski definition) is 3. The van der Waals surface area contributed by atoms with Crippen LogP contribution in [-0.4, -0.2) is 20.1 Å². The molecular weight excluding hydrogens is 298 g/mol. The Bertz CT molecular complexity index is 761. The van der Waals surface area contributed by atoms with Crippen molar-refractivity contribution >= 4 is 11.0 Å². The van der Waals surface area contributed by atoms with Gasteiger partial charge in [0, 0.05) is 0 Å². The highest BCUT2D eigenvalue weighted by molar-refractivity contribution is 5.73. The molecule has 0 fully saturated rings. The van der Waals surface area contributed by atoms with E-state index in [0.717, 1.165) is 29.4 Å². The Morgan fingerprint density at radius 1 is 0.833 bits per heavy atom. The van der Waals surface area contributed by atoms with Crippen molar-refractivity contribution in [3.05, 3.63) is 48.0 Å². The molecule has 1 N–H and O–H groups in total. The number of phenolic OH excluding ortho intramolecular Hbond substituents is 1. The van der Waals surface area contributed by atoms with Crippen LogP contribution in [0.5, 0.6) is 5.75 Å². The molecule has 0 saturated heterocycles. The topological polar surface area (TPSA) is 50.9 Å². The van der Waals surface area contributed by atoms with Gasteiger partial charge in [-0.2, -0.15) is 0 Å². The normalized spacial score (nSPS) is 11.2. The van der Waals surface area contributed by atoms with Crippen molar-refractivity contribution in [2.24, 2.45) is 0 Å². The highest BCUT2D eigenvalue weighted by Crippen LogP contribution is 2.27. The summed E-state index contributed by atoms with van der Waals surface area (Å²) in [6, 6.07) is 13.6. The summed E-state index contributed by atoms with van der Waals surface area (Å²) < 4.78 is 0. The zero-order valence-electron chi connectivity index (χ0n) is 14.3. The van der Waals surface area contributed by atoms with Crippen LogP contribution in [0.3, 0.4) is 0 Å². The minimum absolute atomic E-state index is 0.298. The third kappa shape index (κ3) is 3.75. The molecule has 0 atom stereocenters. The SMILES string of the molecule is CCCCCCCCc1cccc(-n2nc3ccccc3n2)c1O. The maximum atomic E-state index is 10.6. The number of phenols is 1. The van der Waals surface area contributed by atoms with Gasteiger partial charge in [0.05, 0.1) is 0 Å². The summed E-state index contributed by atoms with van der Waals surface area (Å²) in [6.07, 6.45) is 8.40. The number of rotatable bonds is 8.